The Bertz CT molecular complexity index is 492. The van der Waals surface area contributed by atoms with Crippen LogP contribution < -0.4 is 10.0 Å². The first-order valence-electron chi connectivity index (χ1n) is 6.68. The third-order valence-electron chi connectivity index (χ3n) is 3.30. The van der Waals surface area contributed by atoms with E-state index >= 15 is 0 Å². The lowest BCUT2D eigenvalue weighted by atomic mass is 10.0. The Morgan fingerprint density at radius 1 is 1.53 bits per heavy atom. The third-order valence-corrected chi connectivity index (χ3v) is 4.65. The molecule has 108 valence electrons. The van der Waals surface area contributed by atoms with Crippen molar-refractivity contribution < 1.29 is 12.9 Å². The average molecular weight is 287 g/mol. The van der Waals surface area contributed by atoms with Crippen molar-refractivity contribution in [3.63, 3.8) is 0 Å². The van der Waals surface area contributed by atoms with Crippen molar-refractivity contribution in [1.29, 1.82) is 0 Å². The van der Waals surface area contributed by atoms with Crippen molar-refractivity contribution in [3.8, 4) is 0 Å². The number of aryl methyl sites for hydroxylation is 1. The maximum atomic E-state index is 11.9. The van der Waals surface area contributed by atoms with E-state index in [0.29, 0.717) is 23.9 Å². The van der Waals surface area contributed by atoms with Crippen LogP contribution in [0, 0.1) is 6.92 Å². The predicted molar refractivity (Wildman–Crippen MR) is 72.1 cm³/mol. The first-order chi connectivity index (χ1) is 9.05. The predicted octanol–water partition coefficient (Wildman–Crippen LogP) is 0.935. The summed E-state index contributed by atoms with van der Waals surface area (Å²) in [5.74, 6) is 0.835. The second-order valence-electron chi connectivity index (χ2n) is 5.00. The minimum Gasteiger partial charge on any atom is -0.361 e. The molecule has 0 saturated carbocycles. The Balaban J connectivity index is 1.75. The van der Waals surface area contributed by atoms with Gasteiger partial charge in [0.05, 0.1) is 18.0 Å². The second-order valence-corrected chi connectivity index (χ2v) is 6.93. The summed E-state index contributed by atoms with van der Waals surface area (Å²) in [7, 11) is -3.24. The number of hydrogen-bond acceptors (Lipinski definition) is 5. The molecule has 2 rings (SSSR count). The molecule has 1 atom stereocenters. The Kier molecular flexibility index (Phi) is 4.95. The Morgan fingerprint density at radius 3 is 3.00 bits per heavy atom. The highest BCUT2D eigenvalue weighted by Gasteiger charge is 2.17. The largest absolute Gasteiger partial charge is 0.361 e. The van der Waals surface area contributed by atoms with E-state index in [-0.39, 0.29) is 12.3 Å². The lowest BCUT2D eigenvalue weighted by Gasteiger charge is -2.23. The van der Waals surface area contributed by atoms with Gasteiger partial charge in [-0.15, -0.1) is 0 Å². The van der Waals surface area contributed by atoms with Gasteiger partial charge in [-0.25, -0.2) is 13.1 Å². The van der Waals surface area contributed by atoms with Crippen molar-refractivity contribution in [2.24, 2.45) is 0 Å². The first kappa shape index (κ1) is 14.5. The molecule has 0 amide bonds. The Morgan fingerprint density at radius 2 is 2.37 bits per heavy atom. The number of piperidine rings is 1. The number of rotatable bonds is 6. The highest BCUT2D eigenvalue weighted by molar-refractivity contribution is 7.89. The van der Waals surface area contributed by atoms with E-state index in [1.807, 2.05) is 0 Å². The fourth-order valence-corrected chi connectivity index (χ4v) is 3.33. The van der Waals surface area contributed by atoms with Gasteiger partial charge in [-0.1, -0.05) is 11.6 Å². The lowest BCUT2D eigenvalue weighted by molar-refractivity contribution is 0.389. The number of nitrogens with one attached hydrogen (secondary N) is 2. The minimum atomic E-state index is -3.24. The maximum absolute atomic E-state index is 11.9. The van der Waals surface area contributed by atoms with E-state index in [4.69, 9.17) is 4.52 Å². The zero-order chi connectivity index (χ0) is 13.7. The fourth-order valence-electron chi connectivity index (χ4n) is 2.23. The highest BCUT2D eigenvalue weighted by atomic mass is 32.2. The van der Waals surface area contributed by atoms with Crippen LogP contribution in [0.15, 0.2) is 10.6 Å². The van der Waals surface area contributed by atoms with E-state index in [2.05, 4.69) is 15.2 Å². The molecular weight excluding hydrogens is 266 g/mol. The normalized spacial score (nSPS) is 20.6. The zero-order valence-electron chi connectivity index (χ0n) is 11.2. The monoisotopic (exact) mass is 287 g/mol. The zero-order valence-corrected chi connectivity index (χ0v) is 12.0. The molecule has 1 aromatic rings. The first-order valence-corrected chi connectivity index (χ1v) is 8.33. The van der Waals surface area contributed by atoms with Gasteiger partial charge in [-0.05, 0) is 32.7 Å². The third kappa shape index (κ3) is 4.93. The summed E-state index contributed by atoms with van der Waals surface area (Å²) in [6.07, 6.45) is 4.10. The van der Waals surface area contributed by atoms with Crippen LogP contribution in [0.4, 0.5) is 0 Å². The van der Waals surface area contributed by atoms with Crippen LogP contribution in [0.1, 0.15) is 37.1 Å². The molecule has 1 unspecified atom stereocenters. The lowest BCUT2D eigenvalue weighted by Crippen LogP contribution is -2.37. The van der Waals surface area contributed by atoms with Crippen LogP contribution in [0.3, 0.4) is 0 Å². The molecule has 7 heteroatoms. The van der Waals surface area contributed by atoms with Gasteiger partial charge in [0.25, 0.3) is 0 Å². The van der Waals surface area contributed by atoms with Gasteiger partial charge < -0.3 is 9.84 Å². The molecule has 0 bridgehead atoms. The molecular formula is C12H21N3O3S. The molecule has 6 nitrogen and oxygen atoms in total. The van der Waals surface area contributed by atoms with Crippen LogP contribution in [0.5, 0.6) is 0 Å². The van der Waals surface area contributed by atoms with Crippen molar-refractivity contribution in [3.05, 3.63) is 17.5 Å². The SMILES string of the molecule is Cc1cc(CNS(=O)(=O)CCC2CCCCN2)no1. The summed E-state index contributed by atoms with van der Waals surface area (Å²) < 4.78 is 31.2. The fraction of sp³-hybridized carbons (Fsp3) is 0.750. The quantitative estimate of drug-likeness (QED) is 0.813. The van der Waals surface area contributed by atoms with Gasteiger partial charge in [0.1, 0.15) is 5.76 Å². The van der Waals surface area contributed by atoms with Gasteiger partial charge >= 0.3 is 0 Å². The number of aromatic nitrogens is 1. The summed E-state index contributed by atoms with van der Waals surface area (Å²) in [5.41, 5.74) is 0.608. The van der Waals surface area contributed by atoms with Crippen LogP contribution in [0.25, 0.3) is 0 Å². The molecule has 1 aromatic heterocycles. The molecule has 19 heavy (non-hydrogen) atoms. The summed E-state index contributed by atoms with van der Waals surface area (Å²) in [5, 5.41) is 7.10. The summed E-state index contributed by atoms with van der Waals surface area (Å²) >= 11 is 0. The average Bonchev–Trinajstić information content (AvgIpc) is 2.82. The van der Waals surface area contributed by atoms with Crippen LogP contribution in [0.2, 0.25) is 0 Å². The molecule has 2 heterocycles. The van der Waals surface area contributed by atoms with Gasteiger partial charge in [-0.3, -0.25) is 0 Å². The van der Waals surface area contributed by atoms with Crippen molar-refractivity contribution in [2.45, 2.75) is 45.2 Å². The molecule has 0 aliphatic carbocycles. The molecule has 2 N–H and O–H groups in total. The smallest absolute Gasteiger partial charge is 0.212 e. The molecule has 0 radical (unpaired) electrons. The molecule has 1 fully saturated rings. The van der Waals surface area contributed by atoms with E-state index in [0.717, 1.165) is 13.0 Å². The molecule has 0 spiro atoms. The van der Waals surface area contributed by atoms with E-state index in [1.54, 1.807) is 13.0 Å². The second kappa shape index (κ2) is 6.49. The summed E-state index contributed by atoms with van der Waals surface area (Å²) in [6, 6.07) is 2.06. The number of nitrogens with zero attached hydrogens (tertiary/aromatic N) is 1. The Labute approximate surface area is 114 Å². The van der Waals surface area contributed by atoms with Gasteiger partial charge in [0.2, 0.25) is 10.0 Å². The van der Waals surface area contributed by atoms with Crippen LogP contribution in [-0.4, -0.2) is 31.9 Å². The summed E-state index contributed by atoms with van der Waals surface area (Å²) in [6.45, 7) is 2.97. The van der Waals surface area contributed by atoms with Crippen LogP contribution in [-0.2, 0) is 16.6 Å². The Hall–Kier alpha value is -0.920. The topological polar surface area (TPSA) is 84.2 Å². The van der Waals surface area contributed by atoms with Gasteiger partial charge in [-0.2, -0.15) is 0 Å². The molecule has 1 aliphatic rings. The van der Waals surface area contributed by atoms with Crippen molar-refractivity contribution in [2.75, 3.05) is 12.3 Å². The van der Waals surface area contributed by atoms with E-state index in [1.165, 1.54) is 12.8 Å². The van der Waals surface area contributed by atoms with Crippen LogP contribution >= 0.6 is 0 Å². The van der Waals surface area contributed by atoms with Crippen molar-refractivity contribution in [1.82, 2.24) is 15.2 Å². The molecule has 1 saturated heterocycles. The standard InChI is InChI=1S/C12H21N3O3S/c1-10-8-12(15-18-10)9-14-19(16,17)7-5-11-4-2-3-6-13-11/h8,11,13-14H,2-7,9H2,1H3. The minimum absolute atomic E-state index is 0.154. The highest BCUT2D eigenvalue weighted by Crippen LogP contribution is 2.11. The number of sulfonamides is 1. The van der Waals surface area contributed by atoms with Gasteiger partial charge in [0, 0.05) is 12.1 Å². The number of hydrogen-bond donors (Lipinski definition) is 2. The van der Waals surface area contributed by atoms with Gasteiger partial charge in [0.15, 0.2) is 0 Å². The van der Waals surface area contributed by atoms with E-state index < -0.39 is 10.0 Å². The van der Waals surface area contributed by atoms with E-state index in [9.17, 15) is 8.42 Å². The molecule has 0 aromatic carbocycles. The maximum Gasteiger partial charge on any atom is 0.212 e. The molecule has 1 aliphatic heterocycles. The summed E-state index contributed by atoms with van der Waals surface area (Å²) in [4.78, 5) is 0. The van der Waals surface area contributed by atoms with Crippen molar-refractivity contribution >= 4 is 10.0 Å².